The molecule has 0 atom stereocenters. The van der Waals surface area contributed by atoms with Crippen LogP contribution < -0.4 is 20.3 Å². The van der Waals surface area contributed by atoms with E-state index >= 15 is 0 Å². The van der Waals surface area contributed by atoms with Gasteiger partial charge in [-0.05, 0) is 54.5 Å². The lowest BCUT2D eigenvalue weighted by atomic mass is 10.2. The van der Waals surface area contributed by atoms with Crippen LogP contribution in [0.15, 0.2) is 48.5 Å². The average molecular weight is 429 g/mol. The summed E-state index contributed by atoms with van der Waals surface area (Å²) in [5.74, 6) is 0.946. The second-order valence-electron chi connectivity index (χ2n) is 7.87. The maximum atomic E-state index is 12.4. The lowest BCUT2D eigenvalue weighted by Crippen LogP contribution is -3.12. The Morgan fingerprint density at radius 1 is 1.10 bits per heavy atom. The molecule has 0 aliphatic carbocycles. The van der Waals surface area contributed by atoms with Crippen LogP contribution in [-0.4, -0.2) is 43.9 Å². The fourth-order valence-corrected chi connectivity index (χ4v) is 3.35. The highest BCUT2D eigenvalue weighted by Gasteiger charge is 2.14. The van der Waals surface area contributed by atoms with Gasteiger partial charge in [0, 0.05) is 16.8 Å². The molecule has 1 amide bonds. The Morgan fingerprint density at radius 2 is 1.77 bits per heavy atom. The molecule has 0 saturated carbocycles. The smallest absolute Gasteiger partial charge is 0.257 e. The van der Waals surface area contributed by atoms with Crippen molar-refractivity contribution >= 4 is 28.9 Å². The van der Waals surface area contributed by atoms with Crippen molar-refractivity contribution in [2.75, 3.05) is 38.2 Å². The number of rotatable bonds is 7. The van der Waals surface area contributed by atoms with Crippen molar-refractivity contribution in [1.29, 1.82) is 0 Å². The number of benzene rings is 2. The number of amides is 1. The van der Waals surface area contributed by atoms with Gasteiger partial charge in [0.15, 0.2) is 5.11 Å². The first kappa shape index (κ1) is 22.2. The molecule has 1 fully saturated rings. The molecule has 2 aromatic carbocycles. The van der Waals surface area contributed by atoms with Gasteiger partial charge < -0.3 is 19.7 Å². The molecule has 2 aromatic rings. The summed E-state index contributed by atoms with van der Waals surface area (Å²) in [4.78, 5) is 13.9. The Morgan fingerprint density at radius 3 is 2.40 bits per heavy atom. The topological polar surface area (TPSA) is 64.0 Å². The van der Waals surface area contributed by atoms with E-state index in [9.17, 15) is 4.79 Å². The number of quaternary nitrogens is 1. The molecular formula is C23H30N3O3S+. The molecule has 0 radical (unpaired) electrons. The molecule has 0 bridgehead atoms. The van der Waals surface area contributed by atoms with Crippen molar-refractivity contribution in [2.45, 2.75) is 20.4 Å². The predicted molar refractivity (Wildman–Crippen MR) is 122 cm³/mol. The summed E-state index contributed by atoms with van der Waals surface area (Å²) in [5, 5.41) is 6.05. The van der Waals surface area contributed by atoms with Gasteiger partial charge >= 0.3 is 0 Å². The van der Waals surface area contributed by atoms with Gasteiger partial charge in [0.2, 0.25) is 0 Å². The van der Waals surface area contributed by atoms with Crippen LogP contribution in [0.5, 0.6) is 5.75 Å². The molecule has 0 unspecified atom stereocenters. The van der Waals surface area contributed by atoms with Crippen LogP contribution in [0.3, 0.4) is 0 Å². The molecule has 1 aliphatic rings. The van der Waals surface area contributed by atoms with E-state index in [2.05, 4.69) is 36.6 Å². The van der Waals surface area contributed by atoms with E-state index in [1.165, 1.54) is 10.5 Å². The minimum Gasteiger partial charge on any atom is -0.493 e. The fraction of sp³-hybridized carbons (Fsp3) is 0.391. The first-order valence-electron chi connectivity index (χ1n) is 10.3. The summed E-state index contributed by atoms with van der Waals surface area (Å²) in [6.45, 7) is 9.56. The van der Waals surface area contributed by atoms with Crippen LogP contribution >= 0.6 is 12.2 Å². The second-order valence-corrected chi connectivity index (χ2v) is 8.28. The SMILES string of the molecule is CC(C)COc1ccc(C(=O)NC(=S)Nc2ccc(C[NH+]3CCOCC3)cc2)cc1. The summed E-state index contributed by atoms with van der Waals surface area (Å²) in [6.07, 6.45) is 0. The van der Waals surface area contributed by atoms with Crippen molar-refractivity contribution in [1.82, 2.24) is 5.32 Å². The average Bonchev–Trinajstić information content (AvgIpc) is 2.74. The van der Waals surface area contributed by atoms with Crippen molar-refractivity contribution < 1.29 is 19.2 Å². The molecule has 3 rings (SSSR count). The number of morpholine rings is 1. The summed E-state index contributed by atoms with van der Waals surface area (Å²) in [5.41, 5.74) is 2.64. The normalized spacial score (nSPS) is 14.4. The first-order valence-corrected chi connectivity index (χ1v) is 10.8. The number of hydrogen-bond acceptors (Lipinski definition) is 4. The van der Waals surface area contributed by atoms with Gasteiger partial charge in [0.25, 0.3) is 5.91 Å². The number of thiocarbonyl (C=S) groups is 1. The maximum Gasteiger partial charge on any atom is 0.257 e. The monoisotopic (exact) mass is 428 g/mol. The largest absolute Gasteiger partial charge is 0.493 e. The van der Waals surface area contributed by atoms with Crippen molar-refractivity contribution in [3.05, 3.63) is 59.7 Å². The van der Waals surface area contributed by atoms with Crippen LogP contribution in [0.2, 0.25) is 0 Å². The van der Waals surface area contributed by atoms with Crippen LogP contribution in [0.1, 0.15) is 29.8 Å². The van der Waals surface area contributed by atoms with Gasteiger partial charge in [-0.1, -0.05) is 26.0 Å². The van der Waals surface area contributed by atoms with Gasteiger partial charge in [0.1, 0.15) is 25.4 Å². The predicted octanol–water partition coefficient (Wildman–Crippen LogP) is 2.26. The van der Waals surface area contributed by atoms with E-state index in [0.717, 1.165) is 44.3 Å². The lowest BCUT2D eigenvalue weighted by molar-refractivity contribution is -0.921. The zero-order valence-electron chi connectivity index (χ0n) is 17.6. The summed E-state index contributed by atoms with van der Waals surface area (Å²) in [7, 11) is 0. The van der Waals surface area contributed by atoms with Crippen molar-refractivity contribution in [3.8, 4) is 5.75 Å². The Hall–Kier alpha value is -2.48. The van der Waals surface area contributed by atoms with E-state index < -0.39 is 0 Å². The second kappa shape index (κ2) is 11.1. The summed E-state index contributed by atoms with van der Waals surface area (Å²) < 4.78 is 11.0. The fourth-order valence-electron chi connectivity index (χ4n) is 3.13. The zero-order chi connectivity index (χ0) is 21.3. The molecule has 1 saturated heterocycles. The molecule has 6 nitrogen and oxygen atoms in total. The Labute approximate surface area is 183 Å². The zero-order valence-corrected chi connectivity index (χ0v) is 18.4. The van der Waals surface area contributed by atoms with Gasteiger partial charge in [-0.3, -0.25) is 10.1 Å². The molecule has 1 heterocycles. The maximum absolute atomic E-state index is 12.4. The molecular weight excluding hydrogens is 398 g/mol. The number of nitrogens with one attached hydrogen (secondary N) is 3. The van der Waals surface area contributed by atoms with E-state index in [4.69, 9.17) is 21.7 Å². The van der Waals surface area contributed by atoms with Crippen molar-refractivity contribution in [3.63, 3.8) is 0 Å². The highest BCUT2D eigenvalue weighted by Crippen LogP contribution is 2.14. The quantitative estimate of drug-likeness (QED) is 0.591. The summed E-state index contributed by atoms with van der Waals surface area (Å²) >= 11 is 5.29. The van der Waals surface area contributed by atoms with Gasteiger partial charge in [0.05, 0.1) is 19.8 Å². The van der Waals surface area contributed by atoms with E-state index in [-0.39, 0.29) is 11.0 Å². The van der Waals surface area contributed by atoms with E-state index in [0.29, 0.717) is 18.1 Å². The molecule has 0 aromatic heterocycles. The van der Waals surface area contributed by atoms with Gasteiger partial charge in [-0.2, -0.15) is 0 Å². The number of ether oxygens (including phenoxy) is 2. The highest BCUT2D eigenvalue weighted by molar-refractivity contribution is 7.80. The molecule has 0 spiro atoms. The third kappa shape index (κ3) is 7.09. The minimum absolute atomic E-state index is 0.254. The number of carbonyl (C=O) groups excluding carboxylic acids is 1. The Balaban J connectivity index is 1.46. The standard InChI is InChI=1S/C23H29N3O3S/c1-17(2)16-29-21-9-5-19(6-10-21)22(27)25-23(30)24-20-7-3-18(4-8-20)15-26-11-13-28-14-12-26/h3-10,17H,11-16H2,1-2H3,(H2,24,25,27,30)/p+1. The van der Waals surface area contributed by atoms with Gasteiger partial charge in [-0.15, -0.1) is 0 Å². The van der Waals surface area contributed by atoms with Crippen LogP contribution in [0.25, 0.3) is 0 Å². The van der Waals surface area contributed by atoms with Crippen LogP contribution in [0, 0.1) is 5.92 Å². The number of carbonyl (C=O) groups is 1. The van der Waals surface area contributed by atoms with Gasteiger partial charge in [-0.25, -0.2) is 0 Å². The molecule has 3 N–H and O–H groups in total. The Kier molecular flexibility index (Phi) is 8.19. The van der Waals surface area contributed by atoms with E-state index in [1.807, 2.05) is 12.1 Å². The van der Waals surface area contributed by atoms with Crippen LogP contribution in [-0.2, 0) is 11.3 Å². The number of hydrogen-bond donors (Lipinski definition) is 3. The minimum atomic E-state index is -0.254. The molecule has 1 aliphatic heterocycles. The third-order valence-electron chi connectivity index (χ3n) is 4.79. The first-order chi connectivity index (χ1) is 14.5. The Bertz CT molecular complexity index is 832. The molecule has 7 heteroatoms. The molecule has 160 valence electrons. The van der Waals surface area contributed by atoms with Crippen LogP contribution in [0.4, 0.5) is 5.69 Å². The van der Waals surface area contributed by atoms with E-state index in [1.54, 1.807) is 24.3 Å². The lowest BCUT2D eigenvalue weighted by Gasteiger charge is -2.23. The van der Waals surface area contributed by atoms with Crippen molar-refractivity contribution in [2.24, 2.45) is 5.92 Å². The highest BCUT2D eigenvalue weighted by atomic mass is 32.1. The molecule has 30 heavy (non-hydrogen) atoms. The number of anilines is 1. The summed E-state index contributed by atoms with van der Waals surface area (Å²) in [6, 6.07) is 15.2. The third-order valence-corrected chi connectivity index (χ3v) is 5.00.